The monoisotopic (exact) mass is 584 g/mol. The lowest BCUT2D eigenvalue weighted by Gasteiger charge is -2.14. The number of hydrazine groups is 1. The van der Waals surface area contributed by atoms with Gasteiger partial charge in [0.15, 0.2) is 17.2 Å². The molecule has 2 amide bonds. The fourth-order valence-electron chi connectivity index (χ4n) is 3.44. The van der Waals surface area contributed by atoms with Crippen molar-refractivity contribution < 1.29 is 28.6 Å². The van der Waals surface area contributed by atoms with Crippen molar-refractivity contribution in [1.29, 1.82) is 0 Å². The molecule has 0 radical (unpaired) electrons. The number of hydrogen-bond donors (Lipinski definition) is 1. The molecular formula is C24H14Br2N2O6. The van der Waals surface area contributed by atoms with Crippen molar-refractivity contribution in [3.63, 3.8) is 0 Å². The number of ether oxygens (including phenoxy) is 3. The maximum absolute atomic E-state index is 13.0. The van der Waals surface area contributed by atoms with Gasteiger partial charge in [-0.3, -0.25) is 15.0 Å². The second-order valence-electron chi connectivity index (χ2n) is 7.24. The summed E-state index contributed by atoms with van der Waals surface area (Å²) < 4.78 is 17.4. The molecule has 0 bridgehead atoms. The number of hydrogen-bond acceptors (Lipinski definition) is 6. The Hall–Kier alpha value is -3.63. The number of nitrogens with one attached hydrogen (secondary N) is 1. The molecule has 0 unspecified atom stereocenters. The van der Waals surface area contributed by atoms with Crippen LogP contribution in [0.3, 0.4) is 0 Å². The lowest BCUT2D eigenvalue weighted by atomic mass is 10.1. The molecule has 3 aromatic rings. The number of amides is 2. The summed E-state index contributed by atoms with van der Waals surface area (Å²) in [6.07, 6.45) is 1.39. The van der Waals surface area contributed by atoms with Crippen LogP contribution in [0.5, 0.6) is 17.2 Å². The van der Waals surface area contributed by atoms with Crippen molar-refractivity contribution in [3.05, 3.63) is 86.3 Å². The molecule has 10 heteroatoms. The number of esters is 1. The Bertz CT molecular complexity index is 1370. The molecule has 2 heterocycles. The maximum atomic E-state index is 13.0. The molecule has 8 nitrogen and oxygen atoms in total. The van der Waals surface area contributed by atoms with Gasteiger partial charge < -0.3 is 14.2 Å². The van der Waals surface area contributed by atoms with Crippen LogP contribution in [0.15, 0.2) is 75.2 Å². The van der Waals surface area contributed by atoms with Gasteiger partial charge in [0.05, 0.1) is 15.7 Å². The van der Waals surface area contributed by atoms with E-state index in [2.05, 4.69) is 37.3 Å². The third-order valence-electron chi connectivity index (χ3n) is 5.05. The molecule has 0 atom stereocenters. The maximum Gasteiger partial charge on any atom is 0.343 e. The van der Waals surface area contributed by atoms with Crippen LogP contribution in [0.1, 0.15) is 15.9 Å². The first-order chi connectivity index (χ1) is 16.4. The van der Waals surface area contributed by atoms with Crippen molar-refractivity contribution in [1.82, 2.24) is 5.43 Å². The van der Waals surface area contributed by atoms with Gasteiger partial charge in [0, 0.05) is 10.0 Å². The first-order valence-corrected chi connectivity index (χ1v) is 11.5. The first kappa shape index (κ1) is 22.2. The molecule has 0 aliphatic carbocycles. The molecule has 5 rings (SSSR count). The molecule has 0 spiro atoms. The summed E-state index contributed by atoms with van der Waals surface area (Å²) in [7, 11) is 0. The predicted molar refractivity (Wildman–Crippen MR) is 129 cm³/mol. The van der Waals surface area contributed by atoms with Crippen molar-refractivity contribution in [2.24, 2.45) is 0 Å². The quantitative estimate of drug-likeness (QED) is 0.208. The number of rotatable bonds is 4. The number of para-hydroxylation sites is 1. The van der Waals surface area contributed by atoms with E-state index >= 15 is 0 Å². The average molecular weight is 586 g/mol. The Kier molecular flexibility index (Phi) is 5.84. The van der Waals surface area contributed by atoms with E-state index in [-0.39, 0.29) is 23.7 Å². The average Bonchev–Trinajstić information content (AvgIpc) is 3.41. The van der Waals surface area contributed by atoms with Gasteiger partial charge in [0.25, 0.3) is 11.8 Å². The first-order valence-electron chi connectivity index (χ1n) is 9.94. The second-order valence-corrected chi connectivity index (χ2v) is 9.01. The zero-order valence-corrected chi connectivity index (χ0v) is 20.4. The number of fused-ring (bicyclic) bond motifs is 1. The number of nitrogens with zero attached hydrogens (tertiary/aromatic N) is 1. The lowest BCUT2D eigenvalue weighted by molar-refractivity contribution is -0.117. The van der Waals surface area contributed by atoms with E-state index in [1.165, 1.54) is 17.2 Å². The second kappa shape index (κ2) is 8.96. The van der Waals surface area contributed by atoms with E-state index < -0.39 is 17.8 Å². The van der Waals surface area contributed by atoms with Crippen LogP contribution in [0.25, 0.3) is 6.08 Å². The summed E-state index contributed by atoms with van der Waals surface area (Å²) in [5.41, 5.74) is 3.57. The van der Waals surface area contributed by atoms with Crippen LogP contribution in [-0.2, 0) is 9.59 Å². The van der Waals surface area contributed by atoms with E-state index in [1.807, 2.05) is 6.07 Å². The highest BCUT2D eigenvalue weighted by atomic mass is 79.9. The van der Waals surface area contributed by atoms with Crippen LogP contribution in [0, 0.1) is 0 Å². The molecule has 170 valence electrons. The molecule has 2 aliphatic rings. The van der Waals surface area contributed by atoms with Gasteiger partial charge in [0.1, 0.15) is 5.57 Å². The predicted octanol–water partition coefficient (Wildman–Crippen LogP) is 4.62. The minimum Gasteiger partial charge on any atom is -0.454 e. The van der Waals surface area contributed by atoms with E-state index in [9.17, 15) is 14.4 Å². The topological polar surface area (TPSA) is 94.2 Å². The standard InChI is InChI=1S/C24H14Br2N2O6/c25-15-8-14(9-17-22(29)27-28(23(17)30)16-4-2-1-3-5-16)21(18(26)11-15)34-24(31)13-6-7-19-20(10-13)33-12-32-19/h1-11H,12H2,(H,27,29)/b17-9+. The summed E-state index contributed by atoms with van der Waals surface area (Å²) >= 11 is 6.79. The molecule has 3 aromatic carbocycles. The normalized spacial score (nSPS) is 15.6. The van der Waals surface area contributed by atoms with Crippen LogP contribution >= 0.6 is 31.9 Å². The minimum atomic E-state index is -0.644. The van der Waals surface area contributed by atoms with Crippen LogP contribution < -0.4 is 24.6 Å². The van der Waals surface area contributed by atoms with Crippen molar-refractivity contribution in [2.75, 3.05) is 11.8 Å². The molecule has 0 saturated carbocycles. The van der Waals surface area contributed by atoms with Crippen LogP contribution in [-0.4, -0.2) is 24.6 Å². The zero-order valence-electron chi connectivity index (χ0n) is 17.2. The smallest absolute Gasteiger partial charge is 0.343 e. The zero-order chi connectivity index (χ0) is 23.8. The Balaban J connectivity index is 1.48. The van der Waals surface area contributed by atoms with E-state index in [0.717, 1.165) is 0 Å². The molecule has 1 N–H and O–H groups in total. The molecule has 2 aliphatic heterocycles. The van der Waals surface area contributed by atoms with Gasteiger partial charge in [-0.05, 0) is 64.5 Å². The minimum absolute atomic E-state index is 0.0832. The van der Waals surface area contributed by atoms with Gasteiger partial charge in [-0.2, -0.15) is 0 Å². The van der Waals surface area contributed by atoms with Gasteiger partial charge in [-0.15, -0.1) is 0 Å². The molecule has 1 saturated heterocycles. The number of carbonyl (C=O) groups excluding carboxylic acids is 3. The lowest BCUT2D eigenvalue weighted by Crippen LogP contribution is -2.35. The molecule has 34 heavy (non-hydrogen) atoms. The van der Waals surface area contributed by atoms with Gasteiger partial charge >= 0.3 is 5.97 Å². The summed E-state index contributed by atoms with van der Waals surface area (Å²) in [6.45, 7) is 0.0832. The third-order valence-corrected chi connectivity index (χ3v) is 6.09. The van der Waals surface area contributed by atoms with Crippen molar-refractivity contribution >= 4 is 61.4 Å². The summed E-state index contributed by atoms with van der Waals surface area (Å²) in [6, 6.07) is 16.8. The van der Waals surface area contributed by atoms with Gasteiger partial charge in [-0.25, -0.2) is 9.80 Å². The highest BCUT2D eigenvalue weighted by molar-refractivity contribution is 9.11. The summed E-state index contributed by atoms with van der Waals surface area (Å²) in [4.78, 5) is 38.5. The van der Waals surface area contributed by atoms with Gasteiger partial charge in [0.2, 0.25) is 6.79 Å². The fraction of sp³-hybridized carbons (Fsp3) is 0.0417. The third kappa shape index (κ3) is 4.17. The largest absolute Gasteiger partial charge is 0.454 e. The SMILES string of the molecule is O=C1NN(c2ccccc2)C(=O)/C1=C/c1cc(Br)cc(Br)c1OC(=O)c1ccc2c(c1)OCO2. The van der Waals surface area contributed by atoms with Crippen LogP contribution in [0.4, 0.5) is 5.69 Å². The molecule has 0 aromatic heterocycles. The highest BCUT2D eigenvalue weighted by Gasteiger charge is 2.35. The Morgan fingerprint density at radius 2 is 1.76 bits per heavy atom. The highest BCUT2D eigenvalue weighted by Crippen LogP contribution is 2.37. The molecule has 1 fully saturated rings. The Labute approximate surface area is 210 Å². The molecular weight excluding hydrogens is 572 g/mol. The van der Waals surface area contributed by atoms with E-state index in [1.54, 1.807) is 48.5 Å². The Morgan fingerprint density at radius 1 is 1.00 bits per heavy atom. The van der Waals surface area contributed by atoms with Crippen molar-refractivity contribution in [3.8, 4) is 17.2 Å². The fourth-order valence-corrected chi connectivity index (χ4v) is 4.78. The van der Waals surface area contributed by atoms with Crippen molar-refractivity contribution in [2.45, 2.75) is 0 Å². The number of carbonyl (C=O) groups is 3. The van der Waals surface area contributed by atoms with E-state index in [0.29, 0.717) is 31.7 Å². The number of anilines is 1. The number of benzene rings is 3. The van der Waals surface area contributed by atoms with Gasteiger partial charge in [-0.1, -0.05) is 34.1 Å². The Morgan fingerprint density at radius 3 is 2.56 bits per heavy atom. The van der Waals surface area contributed by atoms with E-state index in [4.69, 9.17) is 14.2 Å². The number of halogens is 2. The van der Waals surface area contributed by atoms with Crippen LogP contribution in [0.2, 0.25) is 0 Å². The summed E-state index contributed by atoms with van der Waals surface area (Å²) in [5, 5.41) is 1.17. The summed E-state index contributed by atoms with van der Waals surface area (Å²) in [5.74, 6) is -0.606.